The van der Waals surface area contributed by atoms with Crippen LogP contribution in [0.5, 0.6) is 0 Å². The lowest BCUT2D eigenvalue weighted by atomic mass is 9.97. The molecule has 188 valence electrons. The van der Waals surface area contributed by atoms with Crippen LogP contribution in [-0.4, -0.2) is 26.3 Å². The largest absolute Gasteiger partial charge is 0.360 e. The van der Waals surface area contributed by atoms with Crippen LogP contribution in [-0.2, 0) is 13.0 Å². The molecule has 5 nitrogen and oxygen atoms in total. The first-order chi connectivity index (χ1) is 17.8. The molecule has 6 rings (SSSR count). The third-order valence-electron chi connectivity index (χ3n) is 7.50. The van der Waals surface area contributed by atoms with Crippen LogP contribution < -0.4 is 10.2 Å². The van der Waals surface area contributed by atoms with Crippen LogP contribution in [0.15, 0.2) is 54.9 Å². The second kappa shape index (κ2) is 9.31. The van der Waals surface area contributed by atoms with E-state index in [1.807, 2.05) is 18.5 Å². The highest BCUT2D eigenvalue weighted by Gasteiger charge is 2.29. The molecule has 0 amide bonds. The summed E-state index contributed by atoms with van der Waals surface area (Å²) in [4.78, 5) is 10.6. The van der Waals surface area contributed by atoms with Crippen LogP contribution in [0.3, 0.4) is 0 Å². The minimum atomic E-state index is 0.449. The molecule has 0 aliphatic carbocycles. The van der Waals surface area contributed by atoms with Crippen molar-refractivity contribution < 1.29 is 0 Å². The summed E-state index contributed by atoms with van der Waals surface area (Å²) in [6, 6.07) is 14.9. The number of nitrogens with zero attached hydrogens (tertiary/aromatic N) is 4. The monoisotopic (exact) mass is 527 g/mol. The van der Waals surface area contributed by atoms with Gasteiger partial charge in [-0.05, 0) is 54.7 Å². The van der Waals surface area contributed by atoms with Gasteiger partial charge < -0.3 is 9.88 Å². The summed E-state index contributed by atoms with van der Waals surface area (Å²) in [5.74, 6) is 1.47. The SMILES string of the molecule is Cc1cccc(C)c1-n1nc2c(c1-c1ccc(Cl)c3[nH]ccc13)CN(c1ncc(C(C)C)cc1P)CC2. The molecule has 0 saturated heterocycles. The molecule has 1 aliphatic rings. The van der Waals surface area contributed by atoms with Crippen LogP contribution in [0.25, 0.3) is 27.8 Å². The Bertz CT molecular complexity index is 1630. The Morgan fingerprint density at radius 2 is 1.86 bits per heavy atom. The van der Waals surface area contributed by atoms with Gasteiger partial charge >= 0.3 is 0 Å². The molecule has 0 radical (unpaired) electrons. The van der Waals surface area contributed by atoms with E-state index in [9.17, 15) is 0 Å². The zero-order valence-electron chi connectivity index (χ0n) is 21.6. The van der Waals surface area contributed by atoms with Crippen molar-refractivity contribution in [3.05, 3.63) is 87.8 Å². The minimum absolute atomic E-state index is 0.449. The van der Waals surface area contributed by atoms with Gasteiger partial charge in [-0.3, -0.25) is 0 Å². The first-order valence-electron chi connectivity index (χ1n) is 12.8. The number of aromatic nitrogens is 4. The molecular formula is C30H31ClN5P. The van der Waals surface area contributed by atoms with Gasteiger partial charge in [-0.15, -0.1) is 9.24 Å². The summed E-state index contributed by atoms with van der Waals surface area (Å²) in [5, 5.41) is 8.20. The molecule has 1 N–H and O–H groups in total. The quantitative estimate of drug-likeness (QED) is 0.259. The van der Waals surface area contributed by atoms with Crippen LogP contribution in [0.2, 0.25) is 5.02 Å². The minimum Gasteiger partial charge on any atom is -0.360 e. The number of hydrogen-bond acceptors (Lipinski definition) is 3. The molecular weight excluding hydrogens is 497 g/mol. The average molecular weight is 528 g/mol. The van der Waals surface area contributed by atoms with E-state index in [-0.39, 0.29) is 0 Å². The number of anilines is 1. The molecule has 0 bridgehead atoms. The summed E-state index contributed by atoms with van der Waals surface area (Å²) in [6.45, 7) is 10.4. The molecule has 1 atom stereocenters. The molecule has 0 saturated carbocycles. The summed E-state index contributed by atoms with van der Waals surface area (Å²) < 4.78 is 2.17. The Morgan fingerprint density at radius 1 is 1.08 bits per heavy atom. The molecule has 1 aliphatic heterocycles. The molecule has 3 aromatic heterocycles. The van der Waals surface area contributed by atoms with Crippen LogP contribution >= 0.6 is 20.8 Å². The van der Waals surface area contributed by atoms with Crippen LogP contribution in [0.4, 0.5) is 5.82 Å². The zero-order chi connectivity index (χ0) is 25.8. The Balaban J connectivity index is 1.56. The number of nitrogens with one attached hydrogen (secondary N) is 1. The fourth-order valence-corrected chi connectivity index (χ4v) is 6.20. The van der Waals surface area contributed by atoms with Crippen molar-refractivity contribution in [3.63, 3.8) is 0 Å². The number of H-pyrrole nitrogens is 1. The van der Waals surface area contributed by atoms with E-state index in [1.165, 1.54) is 22.3 Å². The van der Waals surface area contributed by atoms with Gasteiger partial charge in [0.15, 0.2) is 0 Å². The molecule has 0 spiro atoms. The van der Waals surface area contributed by atoms with E-state index in [2.05, 4.69) is 87.9 Å². The van der Waals surface area contributed by atoms with Crippen molar-refractivity contribution in [1.29, 1.82) is 0 Å². The topological polar surface area (TPSA) is 49.7 Å². The van der Waals surface area contributed by atoms with Gasteiger partial charge in [0.05, 0.1) is 27.6 Å². The van der Waals surface area contributed by atoms with E-state index >= 15 is 0 Å². The number of benzene rings is 2. The summed E-state index contributed by atoms with van der Waals surface area (Å²) in [6.07, 6.45) is 4.84. The number of rotatable bonds is 4. The van der Waals surface area contributed by atoms with Crippen LogP contribution in [0.1, 0.15) is 47.7 Å². The van der Waals surface area contributed by atoms with E-state index < -0.39 is 0 Å². The van der Waals surface area contributed by atoms with Gasteiger partial charge in [0, 0.05) is 53.7 Å². The first-order valence-corrected chi connectivity index (χ1v) is 13.7. The summed E-state index contributed by atoms with van der Waals surface area (Å²) in [5.41, 5.74) is 10.4. The van der Waals surface area contributed by atoms with Crippen LogP contribution in [0, 0.1) is 13.8 Å². The van der Waals surface area contributed by atoms with Crippen molar-refractivity contribution in [2.45, 2.75) is 46.6 Å². The number of fused-ring (bicyclic) bond motifs is 2. The number of pyridine rings is 1. The highest BCUT2D eigenvalue weighted by molar-refractivity contribution is 7.28. The van der Waals surface area contributed by atoms with Crippen molar-refractivity contribution in [3.8, 4) is 16.9 Å². The lowest BCUT2D eigenvalue weighted by molar-refractivity contribution is 0.707. The highest BCUT2D eigenvalue weighted by Crippen LogP contribution is 2.40. The first kappa shape index (κ1) is 24.2. The second-order valence-corrected chi connectivity index (χ2v) is 11.3. The number of para-hydroxylation sites is 1. The maximum Gasteiger partial charge on any atom is 0.136 e. The average Bonchev–Trinajstić information content (AvgIpc) is 3.50. The van der Waals surface area contributed by atoms with E-state index in [0.29, 0.717) is 5.92 Å². The summed E-state index contributed by atoms with van der Waals surface area (Å²) in [7, 11) is 2.90. The lowest BCUT2D eigenvalue weighted by Crippen LogP contribution is -2.33. The molecule has 37 heavy (non-hydrogen) atoms. The molecule has 1 unspecified atom stereocenters. The highest BCUT2D eigenvalue weighted by atomic mass is 35.5. The molecule has 0 fully saturated rings. The fraction of sp³-hybridized carbons (Fsp3) is 0.267. The van der Waals surface area contributed by atoms with E-state index in [0.717, 1.165) is 69.2 Å². The zero-order valence-corrected chi connectivity index (χ0v) is 23.5. The maximum atomic E-state index is 6.57. The van der Waals surface area contributed by atoms with Gasteiger partial charge in [-0.25, -0.2) is 9.67 Å². The second-order valence-electron chi connectivity index (χ2n) is 10.3. The smallest absolute Gasteiger partial charge is 0.136 e. The number of aromatic amines is 1. The fourth-order valence-electron chi connectivity index (χ4n) is 5.53. The Hall–Kier alpha value is -3.14. The Kier molecular flexibility index (Phi) is 6.09. The van der Waals surface area contributed by atoms with Gasteiger partial charge in [0.2, 0.25) is 0 Å². The van der Waals surface area contributed by atoms with Crippen molar-refractivity contribution in [2.75, 3.05) is 11.4 Å². The van der Waals surface area contributed by atoms with Gasteiger partial charge in [-0.2, -0.15) is 5.10 Å². The molecule has 5 aromatic rings. The predicted molar refractivity (Wildman–Crippen MR) is 158 cm³/mol. The third-order valence-corrected chi connectivity index (χ3v) is 8.24. The predicted octanol–water partition coefficient (Wildman–Crippen LogP) is 6.87. The standard InChI is InChI=1S/C30H31ClN5P/c1-17(2)20-14-26(37)30(33-15-20)35-13-11-25-23(16-35)29(22-8-9-24(31)27-21(22)10-12-32-27)36(34-25)28-18(3)6-5-7-19(28)4/h5-10,12,14-15,17,32H,11,13,16,37H2,1-4H3. The number of halogens is 1. The number of aryl methyl sites for hydroxylation is 2. The maximum absolute atomic E-state index is 6.57. The van der Waals surface area contributed by atoms with Gasteiger partial charge in [0.25, 0.3) is 0 Å². The third kappa shape index (κ3) is 4.05. The lowest BCUT2D eigenvalue weighted by Gasteiger charge is -2.29. The van der Waals surface area contributed by atoms with E-state index in [1.54, 1.807) is 0 Å². The summed E-state index contributed by atoms with van der Waals surface area (Å²) >= 11 is 6.57. The van der Waals surface area contributed by atoms with Crippen molar-refractivity contribution in [1.82, 2.24) is 19.7 Å². The Labute approximate surface area is 225 Å². The molecule has 4 heterocycles. The van der Waals surface area contributed by atoms with Gasteiger partial charge in [-0.1, -0.05) is 49.7 Å². The molecule has 2 aromatic carbocycles. The van der Waals surface area contributed by atoms with Crippen molar-refractivity contribution in [2.24, 2.45) is 0 Å². The number of hydrogen-bond donors (Lipinski definition) is 1. The molecule has 7 heteroatoms. The van der Waals surface area contributed by atoms with E-state index in [4.69, 9.17) is 21.7 Å². The van der Waals surface area contributed by atoms with Gasteiger partial charge in [0.1, 0.15) is 5.82 Å². The Morgan fingerprint density at radius 3 is 2.59 bits per heavy atom. The normalized spacial score (nSPS) is 13.5. The van der Waals surface area contributed by atoms with Crippen molar-refractivity contribution >= 4 is 42.9 Å².